The molecule has 0 aliphatic carbocycles. The molecule has 2 aromatic rings. The molecule has 3 N–H and O–H groups in total. The lowest BCUT2D eigenvalue weighted by atomic mass is 10.1. The number of para-hydroxylation sites is 2. The SMILES string of the molecule is Cc1cc(C)cc(C(=O)Nc2ccccc2N)c1. The Kier molecular flexibility index (Phi) is 3.33. The summed E-state index contributed by atoms with van der Waals surface area (Å²) in [5.74, 6) is -0.139. The number of hydrogen-bond donors (Lipinski definition) is 2. The highest BCUT2D eigenvalue weighted by atomic mass is 16.1. The third-order valence-corrected chi connectivity index (χ3v) is 2.69. The summed E-state index contributed by atoms with van der Waals surface area (Å²) in [7, 11) is 0. The quantitative estimate of drug-likeness (QED) is 0.792. The second-order valence-corrected chi connectivity index (χ2v) is 4.42. The molecule has 2 aromatic carbocycles. The summed E-state index contributed by atoms with van der Waals surface area (Å²) in [6, 6.07) is 13.0. The molecule has 0 atom stereocenters. The van der Waals surface area contributed by atoms with Crippen molar-refractivity contribution in [2.24, 2.45) is 0 Å². The van der Waals surface area contributed by atoms with E-state index in [2.05, 4.69) is 5.32 Å². The van der Waals surface area contributed by atoms with Gasteiger partial charge in [0, 0.05) is 5.56 Å². The molecule has 0 aromatic heterocycles. The van der Waals surface area contributed by atoms with E-state index in [9.17, 15) is 4.79 Å². The van der Waals surface area contributed by atoms with Crippen molar-refractivity contribution in [1.29, 1.82) is 0 Å². The van der Waals surface area contributed by atoms with Crippen molar-refractivity contribution in [3.05, 3.63) is 59.2 Å². The minimum atomic E-state index is -0.139. The number of nitrogens with two attached hydrogens (primary N) is 1. The highest BCUT2D eigenvalue weighted by Crippen LogP contribution is 2.18. The van der Waals surface area contributed by atoms with Crippen molar-refractivity contribution in [2.75, 3.05) is 11.1 Å². The van der Waals surface area contributed by atoms with Crippen LogP contribution in [0.15, 0.2) is 42.5 Å². The first-order valence-corrected chi connectivity index (χ1v) is 5.80. The predicted octanol–water partition coefficient (Wildman–Crippen LogP) is 3.14. The average molecular weight is 240 g/mol. The van der Waals surface area contributed by atoms with Gasteiger partial charge in [-0.25, -0.2) is 0 Å². The standard InChI is InChI=1S/C15H16N2O/c1-10-7-11(2)9-12(8-10)15(18)17-14-6-4-3-5-13(14)16/h3-9H,16H2,1-2H3,(H,17,18). The molecule has 0 fully saturated rings. The van der Waals surface area contributed by atoms with Crippen LogP contribution in [0.25, 0.3) is 0 Å². The van der Waals surface area contributed by atoms with E-state index in [0.29, 0.717) is 16.9 Å². The predicted molar refractivity (Wildman–Crippen MR) is 74.7 cm³/mol. The number of aryl methyl sites for hydroxylation is 2. The summed E-state index contributed by atoms with van der Waals surface area (Å²) < 4.78 is 0. The third-order valence-electron chi connectivity index (χ3n) is 2.69. The molecule has 0 saturated heterocycles. The Morgan fingerprint density at radius 1 is 1.06 bits per heavy atom. The lowest BCUT2D eigenvalue weighted by molar-refractivity contribution is 0.102. The minimum Gasteiger partial charge on any atom is -0.397 e. The summed E-state index contributed by atoms with van der Waals surface area (Å²) in [5.41, 5.74) is 9.79. The Hall–Kier alpha value is -2.29. The van der Waals surface area contributed by atoms with Crippen molar-refractivity contribution in [3.63, 3.8) is 0 Å². The number of amides is 1. The van der Waals surface area contributed by atoms with Crippen LogP contribution in [0.1, 0.15) is 21.5 Å². The van der Waals surface area contributed by atoms with Crippen LogP contribution in [0, 0.1) is 13.8 Å². The smallest absolute Gasteiger partial charge is 0.255 e. The molecule has 0 aliphatic rings. The topological polar surface area (TPSA) is 55.1 Å². The normalized spacial score (nSPS) is 10.1. The van der Waals surface area contributed by atoms with Gasteiger partial charge in [0.1, 0.15) is 0 Å². The Morgan fingerprint density at radius 2 is 1.67 bits per heavy atom. The van der Waals surface area contributed by atoms with E-state index in [1.165, 1.54) is 0 Å². The molecule has 18 heavy (non-hydrogen) atoms. The maximum absolute atomic E-state index is 12.1. The van der Waals surface area contributed by atoms with E-state index >= 15 is 0 Å². The Labute approximate surface area is 107 Å². The minimum absolute atomic E-state index is 0.139. The van der Waals surface area contributed by atoms with Gasteiger partial charge >= 0.3 is 0 Å². The van der Waals surface area contributed by atoms with Crippen LogP contribution in [-0.4, -0.2) is 5.91 Å². The number of benzene rings is 2. The van der Waals surface area contributed by atoms with E-state index in [1.54, 1.807) is 12.1 Å². The van der Waals surface area contributed by atoms with Gasteiger partial charge in [-0.2, -0.15) is 0 Å². The highest BCUT2D eigenvalue weighted by molar-refractivity contribution is 6.05. The second kappa shape index (κ2) is 4.92. The molecular weight excluding hydrogens is 224 g/mol. The van der Waals surface area contributed by atoms with Crippen LogP contribution >= 0.6 is 0 Å². The molecule has 0 aliphatic heterocycles. The summed E-state index contributed by atoms with van der Waals surface area (Å²) >= 11 is 0. The van der Waals surface area contributed by atoms with Gasteiger partial charge in [0.25, 0.3) is 5.91 Å². The van der Waals surface area contributed by atoms with Crippen molar-refractivity contribution >= 4 is 17.3 Å². The van der Waals surface area contributed by atoms with Gasteiger partial charge in [-0.15, -0.1) is 0 Å². The van der Waals surface area contributed by atoms with E-state index in [-0.39, 0.29) is 5.91 Å². The van der Waals surface area contributed by atoms with Gasteiger partial charge in [-0.3, -0.25) is 4.79 Å². The molecule has 0 heterocycles. The van der Waals surface area contributed by atoms with Gasteiger partial charge in [0.15, 0.2) is 0 Å². The molecule has 1 amide bonds. The molecule has 0 unspecified atom stereocenters. The van der Waals surface area contributed by atoms with Crippen LogP contribution in [-0.2, 0) is 0 Å². The fourth-order valence-electron chi connectivity index (χ4n) is 1.91. The number of anilines is 2. The summed E-state index contributed by atoms with van der Waals surface area (Å²) in [5, 5.41) is 2.82. The maximum atomic E-state index is 12.1. The molecule has 3 heteroatoms. The van der Waals surface area contributed by atoms with Gasteiger partial charge in [-0.1, -0.05) is 29.3 Å². The number of carbonyl (C=O) groups excluding carboxylic acids is 1. The van der Waals surface area contributed by atoms with E-state index in [0.717, 1.165) is 11.1 Å². The molecule has 2 rings (SSSR count). The Balaban J connectivity index is 2.25. The molecular formula is C15H16N2O. The van der Waals surface area contributed by atoms with E-state index < -0.39 is 0 Å². The molecule has 0 spiro atoms. The largest absolute Gasteiger partial charge is 0.397 e. The van der Waals surface area contributed by atoms with Crippen LogP contribution < -0.4 is 11.1 Å². The number of nitrogen functional groups attached to an aromatic ring is 1. The number of nitrogens with one attached hydrogen (secondary N) is 1. The fraction of sp³-hybridized carbons (Fsp3) is 0.133. The Bertz CT molecular complexity index is 571. The molecule has 0 bridgehead atoms. The maximum Gasteiger partial charge on any atom is 0.255 e. The number of carbonyl (C=O) groups is 1. The van der Waals surface area contributed by atoms with Gasteiger partial charge < -0.3 is 11.1 Å². The van der Waals surface area contributed by atoms with Crippen molar-refractivity contribution in [3.8, 4) is 0 Å². The lowest BCUT2D eigenvalue weighted by Gasteiger charge is -2.09. The fourth-order valence-corrected chi connectivity index (χ4v) is 1.91. The summed E-state index contributed by atoms with van der Waals surface area (Å²) in [4.78, 5) is 12.1. The molecule has 0 radical (unpaired) electrons. The van der Waals surface area contributed by atoms with Crippen molar-refractivity contribution in [2.45, 2.75) is 13.8 Å². The van der Waals surface area contributed by atoms with Gasteiger partial charge in [-0.05, 0) is 38.1 Å². The highest BCUT2D eigenvalue weighted by Gasteiger charge is 2.08. The van der Waals surface area contributed by atoms with Gasteiger partial charge in [0.2, 0.25) is 0 Å². The zero-order valence-electron chi connectivity index (χ0n) is 10.5. The molecule has 3 nitrogen and oxygen atoms in total. The molecule has 92 valence electrons. The monoisotopic (exact) mass is 240 g/mol. The lowest BCUT2D eigenvalue weighted by Crippen LogP contribution is -2.13. The first kappa shape index (κ1) is 12.2. The zero-order chi connectivity index (χ0) is 13.1. The number of rotatable bonds is 2. The first-order chi connectivity index (χ1) is 8.56. The van der Waals surface area contributed by atoms with Crippen molar-refractivity contribution < 1.29 is 4.79 Å². The second-order valence-electron chi connectivity index (χ2n) is 4.42. The average Bonchev–Trinajstić information content (AvgIpc) is 2.31. The van der Waals surface area contributed by atoms with Gasteiger partial charge in [0.05, 0.1) is 11.4 Å². The first-order valence-electron chi connectivity index (χ1n) is 5.80. The van der Waals surface area contributed by atoms with E-state index in [1.807, 2.05) is 44.2 Å². The zero-order valence-corrected chi connectivity index (χ0v) is 10.5. The number of hydrogen-bond acceptors (Lipinski definition) is 2. The van der Waals surface area contributed by atoms with Crippen LogP contribution in [0.2, 0.25) is 0 Å². The third kappa shape index (κ3) is 2.69. The molecule has 0 saturated carbocycles. The van der Waals surface area contributed by atoms with E-state index in [4.69, 9.17) is 5.73 Å². The van der Waals surface area contributed by atoms with Crippen LogP contribution in [0.3, 0.4) is 0 Å². The van der Waals surface area contributed by atoms with Crippen LogP contribution in [0.5, 0.6) is 0 Å². The van der Waals surface area contributed by atoms with Crippen molar-refractivity contribution in [1.82, 2.24) is 0 Å². The van der Waals surface area contributed by atoms with Crippen LogP contribution in [0.4, 0.5) is 11.4 Å². The summed E-state index contributed by atoms with van der Waals surface area (Å²) in [6.45, 7) is 3.95. The summed E-state index contributed by atoms with van der Waals surface area (Å²) in [6.07, 6.45) is 0. The Morgan fingerprint density at radius 3 is 2.28 bits per heavy atom.